The van der Waals surface area contributed by atoms with Gasteiger partial charge in [-0.2, -0.15) is 0 Å². The quantitative estimate of drug-likeness (QED) is 0.350. The van der Waals surface area contributed by atoms with Crippen LogP contribution in [0.2, 0.25) is 5.02 Å². The van der Waals surface area contributed by atoms with Gasteiger partial charge in [0.25, 0.3) is 0 Å². The molecule has 4 heteroatoms. The van der Waals surface area contributed by atoms with Gasteiger partial charge in [-0.05, 0) is 69.3 Å². The molecule has 0 radical (unpaired) electrons. The van der Waals surface area contributed by atoms with Gasteiger partial charge in [-0.15, -0.1) is 0 Å². The molecule has 1 aliphatic rings. The fraction of sp³-hybridized carbons (Fsp3) is 0.400. The van der Waals surface area contributed by atoms with Gasteiger partial charge in [-0.25, -0.2) is 4.79 Å². The van der Waals surface area contributed by atoms with Crippen LogP contribution >= 0.6 is 11.6 Å². The van der Waals surface area contributed by atoms with Crippen LogP contribution in [0.3, 0.4) is 0 Å². The number of allylic oxidation sites excluding steroid dienone is 3. The molecule has 0 aromatic heterocycles. The van der Waals surface area contributed by atoms with Crippen molar-refractivity contribution in [1.82, 2.24) is 4.90 Å². The first kappa shape index (κ1) is 23.2. The van der Waals surface area contributed by atoms with Crippen molar-refractivity contribution in [2.75, 3.05) is 6.54 Å². The van der Waals surface area contributed by atoms with Crippen molar-refractivity contribution in [3.63, 3.8) is 0 Å². The van der Waals surface area contributed by atoms with Crippen LogP contribution in [0, 0.1) is 0 Å². The third kappa shape index (κ3) is 7.02. The van der Waals surface area contributed by atoms with Crippen molar-refractivity contribution < 1.29 is 9.90 Å². The lowest BCUT2D eigenvalue weighted by atomic mass is 10.00. The van der Waals surface area contributed by atoms with Gasteiger partial charge in [-0.3, -0.25) is 4.90 Å². The van der Waals surface area contributed by atoms with E-state index >= 15 is 0 Å². The van der Waals surface area contributed by atoms with E-state index in [9.17, 15) is 9.90 Å². The average Bonchev–Trinajstić information content (AvgIpc) is 3.07. The lowest BCUT2D eigenvalue weighted by molar-refractivity contribution is -0.132. The molecule has 2 rings (SSSR count). The molecular weight excluding hydrogens is 382 g/mol. The van der Waals surface area contributed by atoms with Crippen LogP contribution in [0.15, 0.2) is 66.3 Å². The minimum absolute atomic E-state index is 0.377. The Morgan fingerprint density at radius 1 is 1.38 bits per heavy atom. The van der Waals surface area contributed by atoms with Crippen molar-refractivity contribution in [2.24, 2.45) is 0 Å². The van der Waals surface area contributed by atoms with Gasteiger partial charge in [0.1, 0.15) is 0 Å². The molecule has 156 valence electrons. The summed E-state index contributed by atoms with van der Waals surface area (Å²) in [4.78, 5) is 14.1. The summed E-state index contributed by atoms with van der Waals surface area (Å²) in [6.07, 6.45) is 14.5. The largest absolute Gasteiger partial charge is 0.478 e. The van der Waals surface area contributed by atoms with Crippen molar-refractivity contribution in [2.45, 2.75) is 58.0 Å². The molecule has 29 heavy (non-hydrogen) atoms. The highest BCUT2D eigenvalue weighted by atomic mass is 35.5. The molecule has 1 aliphatic heterocycles. The topological polar surface area (TPSA) is 40.5 Å². The Kier molecular flexibility index (Phi) is 9.43. The second kappa shape index (κ2) is 11.8. The fourth-order valence-corrected chi connectivity index (χ4v) is 4.20. The summed E-state index contributed by atoms with van der Waals surface area (Å²) in [6, 6.07) is 8.81. The highest BCUT2D eigenvalue weighted by Gasteiger charge is 2.30. The second-order valence-electron chi connectivity index (χ2n) is 7.58. The van der Waals surface area contributed by atoms with Crippen LogP contribution in [-0.2, 0) is 4.79 Å². The van der Waals surface area contributed by atoms with Gasteiger partial charge in [0.15, 0.2) is 0 Å². The Balaban J connectivity index is 2.06. The SMILES string of the molecule is C=C/C=C\C(C(=O)O)=C(/C)CC[C@@H]1CC[C@H](C=Cc2cccc(Cl)c2)N1CCC. The molecule has 0 amide bonds. The van der Waals surface area contributed by atoms with E-state index in [-0.39, 0.29) is 0 Å². The van der Waals surface area contributed by atoms with Crippen molar-refractivity contribution >= 4 is 23.6 Å². The number of likely N-dealkylation sites (tertiary alicyclic amines) is 1. The van der Waals surface area contributed by atoms with Gasteiger partial charge < -0.3 is 5.11 Å². The molecule has 1 heterocycles. The highest BCUT2D eigenvalue weighted by Crippen LogP contribution is 2.30. The maximum atomic E-state index is 11.5. The van der Waals surface area contributed by atoms with E-state index in [0.717, 1.165) is 54.8 Å². The van der Waals surface area contributed by atoms with Crippen LogP contribution in [0.1, 0.15) is 51.5 Å². The predicted octanol–water partition coefficient (Wildman–Crippen LogP) is 6.52. The molecule has 0 spiro atoms. The summed E-state index contributed by atoms with van der Waals surface area (Å²) < 4.78 is 0. The van der Waals surface area contributed by atoms with Gasteiger partial charge in [-0.1, -0.05) is 67.1 Å². The molecule has 0 bridgehead atoms. The minimum Gasteiger partial charge on any atom is -0.478 e. The standard InChI is InChI=1S/C25H32ClNO2/c1-4-6-10-24(25(28)29)19(3)11-13-22-15-16-23(27(22)17-5-2)14-12-20-8-7-9-21(26)18-20/h4,6-10,12,14,18,22-23H,1,5,11,13,15-17H2,2-3H3,(H,28,29)/b10-6-,14-12?,24-19-/t22-,23+/m1/s1. The van der Waals surface area contributed by atoms with E-state index in [1.165, 1.54) is 0 Å². The molecule has 2 atom stereocenters. The molecule has 1 saturated heterocycles. The first-order valence-electron chi connectivity index (χ1n) is 10.4. The number of carboxylic acids is 1. The summed E-state index contributed by atoms with van der Waals surface area (Å²) >= 11 is 6.09. The fourth-order valence-electron chi connectivity index (χ4n) is 4.00. The molecule has 0 aliphatic carbocycles. The van der Waals surface area contributed by atoms with Gasteiger partial charge in [0.05, 0.1) is 5.57 Å². The van der Waals surface area contributed by atoms with Crippen LogP contribution in [0.25, 0.3) is 6.08 Å². The van der Waals surface area contributed by atoms with E-state index in [1.807, 2.05) is 25.1 Å². The van der Waals surface area contributed by atoms with E-state index in [1.54, 1.807) is 18.2 Å². The molecule has 0 saturated carbocycles. The number of halogens is 1. The molecule has 3 nitrogen and oxygen atoms in total. The lowest BCUT2D eigenvalue weighted by Crippen LogP contribution is -2.35. The molecule has 1 N–H and O–H groups in total. The number of rotatable bonds is 10. The summed E-state index contributed by atoms with van der Waals surface area (Å²) in [7, 11) is 0. The number of nitrogens with zero attached hydrogens (tertiary/aromatic N) is 1. The maximum Gasteiger partial charge on any atom is 0.335 e. The van der Waals surface area contributed by atoms with Gasteiger partial charge in [0.2, 0.25) is 0 Å². The third-order valence-corrected chi connectivity index (χ3v) is 5.71. The smallest absolute Gasteiger partial charge is 0.335 e. The first-order valence-corrected chi connectivity index (χ1v) is 10.8. The summed E-state index contributed by atoms with van der Waals surface area (Å²) in [6.45, 7) is 8.81. The first-order chi connectivity index (χ1) is 14.0. The van der Waals surface area contributed by atoms with Crippen molar-refractivity contribution in [3.05, 3.63) is 76.9 Å². The average molecular weight is 414 g/mol. The Labute approximate surface area is 180 Å². The number of hydrogen-bond acceptors (Lipinski definition) is 2. The summed E-state index contributed by atoms with van der Waals surface area (Å²) in [5.41, 5.74) is 2.42. The van der Waals surface area contributed by atoms with E-state index in [0.29, 0.717) is 17.7 Å². The molecule has 1 aromatic carbocycles. The summed E-state index contributed by atoms with van der Waals surface area (Å²) in [5, 5.41) is 10.2. The van der Waals surface area contributed by atoms with E-state index in [2.05, 4.69) is 36.6 Å². The van der Waals surface area contributed by atoms with Crippen LogP contribution in [0.5, 0.6) is 0 Å². The summed E-state index contributed by atoms with van der Waals surface area (Å²) in [5.74, 6) is -0.875. The Hall–Kier alpha value is -2.10. The zero-order valence-corrected chi connectivity index (χ0v) is 18.2. The number of carbonyl (C=O) groups is 1. The number of benzene rings is 1. The molecule has 1 fully saturated rings. The van der Waals surface area contributed by atoms with E-state index < -0.39 is 5.97 Å². The normalized spacial score (nSPS) is 21.1. The molecule has 0 unspecified atom stereocenters. The third-order valence-electron chi connectivity index (χ3n) is 5.47. The minimum atomic E-state index is -0.875. The van der Waals surface area contributed by atoms with Gasteiger partial charge >= 0.3 is 5.97 Å². The number of aliphatic carboxylic acids is 1. The Morgan fingerprint density at radius 2 is 2.17 bits per heavy atom. The van der Waals surface area contributed by atoms with Gasteiger partial charge in [0, 0.05) is 17.1 Å². The second-order valence-corrected chi connectivity index (χ2v) is 8.02. The van der Waals surface area contributed by atoms with Crippen LogP contribution in [0.4, 0.5) is 0 Å². The maximum absolute atomic E-state index is 11.5. The zero-order valence-electron chi connectivity index (χ0n) is 17.5. The molecular formula is C25H32ClNO2. The zero-order chi connectivity index (χ0) is 21.2. The van der Waals surface area contributed by atoms with Crippen LogP contribution < -0.4 is 0 Å². The Bertz CT molecular complexity index is 794. The lowest BCUT2D eigenvalue weighted by Gasteiger charge is -2.28. The van der Waals surface area contributed by atoms with Crippen molar-refractivity contribution in [3.8, 4) is 0 Å². The number of carboxylic acid groups (broad SMARTS) is 1. The highest BCUT2D eigenvalue weighted by molar-refractivity contribution is 6.30. The number of hydrogen-bond donors (Lipinski definition) is 1. The Morgan fingerprint density at radius 3 is 2.83 bits per heavy atom. The van der Waals surface area contributed by atoms with E-state index in [4.69, 9.17) is 11.6 Å². The van der Waals surface area contributed by atoms with Crippen molar-refractivity contribution in [1.29, 1.82) is 0 Å². The predicted molar refractivity (Wildman–Crippen MR) is 123 cm³/mol. The van der Waals surface area contributed by atoms with Crippen LogP contribution in [-0.4, -0.2) is 34.6 Å². The monoisotopic (exact) mass is 413 g/mol. The molecule has 1 aromatic rings.